The Bertz CT molecular complexity index is 1770. The van der Waals surface area contributed by atoms with Crippen molar-refractivity contribution >= 4 is 23.4 Å². The Morgan fingerprint density at radius 3 is 2.08 bits per heavy atom. The predicted octanol–water partition coefficient (Wildman–Crippen LogP) is 5.82. The van der Waals surface area contributed by atoms with E-state index in [1.165, 1.54) is 10.9 Å². The lowest BCUT2D eigenvalue weighted by Gasteiger charge is -2.39. The normalized spacial score (nSPS) is 20.4. The summed E-state index contributed by atoms with van der Waals surface area (Å²) in [5, 5.41) is 18.4. The van der Waals surface area contributed by atoms with Crippen molar-refractivity contribution in [1.82, 2.24) is 14.8 Å². The molecule has 1 amide bonds. The molecule has 2 aliphatic heterocycles. The highest BCUT2D eigenvalue weighted by atomic mass is 19.4. The number of piperidine rings is 1. The fraction of sp³-hybridized carbons (Fsp3) is 0.333. The van der Waals surface area contributed by atoms with Crippen LogP contribution in [-0.4, -0.2) is 63.7 Å². The summed E-state index contributed by atoms with van der Waals surface area (Å²) in [7, 11) is 0.764. The standard InChI is InChI=1S/C33H29F6N5O4/c1-48-30(46)31(47)27(33(37,38)39)24-25(19-12-14-43(15-13-19)23-16-22(17-40-18-23)32(34,35)36)42-44(28(24)41-29(31)45)26(20-8-4-2-5-9-20)21-10-6-3-7-11-21/h2-11,16-19,26-27,47H,12-15H2,1H3,(H,41,45). The van der Waals surface area contributed by atoms with Gasteiger partial charge in [-0.2, -0.15) is 31.4 Å². The third-order valence-corrected chi connectivity index (χ3v) is 8.86. The highest BCUT2D eigenvalue weighted by molar-refractivity contribution is 6.14. The second-order valence-electron chi connectivity index (χ2n) is 11.7. The number of nitrogens with zero attached hydrogens (tertiary/aromatic N) is 4. The van der Waals surface area contributed by atoms with Gasteiger partial charge < -0.3 is 20.1 Å². The number of methoxy groups -OCH3 is 1. The van der Waals surface area contributed by atoms with Crippen molar-refractivity contribution in [2.24, 2.45) is 0 Å². The molecule has 252 valence electrons. The van der Waals surface area contributed by atoms with Gasteiger partial charge in [-0.3, -0.25) is 9.78 Å². The molecule has 0 aliphatic carbocycles. The minimum atomic E-state index is -5.32. The van der Waals surface area contributed by atoms with Gasteiger partial charge in [0, 0.05) is 30.8 Å². The number of rotatable bonds is 6. The van der Waals surface area contributed by atoms with E-state index in [0.29, 0.717) is 17.3 Å². The van der Waals surface area contributed by atoms with Gasteiger partial charge in [-0.25, -0.2) is 9.48 Å². The summed E-state index contributed by atoms with van der Waals surface area (Å²) < 4.78 is 91.2. The van der Waals surface area contributed by atoms with E-state index < -0.39 is 58.8 Å². The van der Waals surface area contributed by atoms with Crippen LogP contribution in [0.4, 0.5) is 37.8 Å². The Morgan fingerprint density at radius 2 is 1.56 bits per heavy atom. The number of carbonyl (C=O) groups excluding carboxylic acids is 2. The Labute approximate surface area is 270 Å². The number of hydrogen-bond acceptors (Lipinski definition) is 7. The van der Waals surface area contributed by atoms with Crippen LogP contribution in [0.25, 0.3) is 0 Å². The maximum absolute atomic E-state index is 15.1. The minimum absolute atomic E-state index is 0.103. The SMILES string of the molecule is COC(=O)C1(O)C(=O)Nc2c(c(C3CCN(c4cncc(C(F)(F)F)c4)CC3)nn2C(c2ccccc2)c2ccccc2)C1C(F)(F)F. The fourth-order valence-electron chi connectivity index (χ4n) is 6.58. The predicted molar refractivity (Wildman–Crippen MR) is 160 cm³/mol. The van der Waals surface area contributed by atoms with Gasteiger partial charge in [0.15, 0.2) is 0 Å². The molecule has 4 aromatic rings. The number of hydrogen-bond donors (Lipinski definition) is 2. The smallest absolute Gasteiger partial charge is 0.417 e. The Morgan fingerprint density at radius 1 is 0.979 bits per heavy atom. The lowest BCUT2D eigenvalue weighted by molar-refractivity contribution is -0.210. The van der Waals surface area contributed by atoms with E-state index in [1.54, 1.807) is 65.6 Å². The van der Waals surface area contributed by atoms with E-state index in [4.69, 9.17) is 5.10 Å². The number of fused-ring (bicyclic) bond motifs is 1. The van der Waals surface area contributed by atoms with Gasteiger partial charge in [-0.05, 0) is 30.0 Å². The minimum Gasteiger partial charge on any atom is -0.466 e. The molecule has 0 radical (unpaired) electrons. The molecule has 2 N–H and O–H groups in total. The molecule has 1 saturated heterocycles. The Kier molecular flexibility index (Phi) is 8.43. The lowest BCUT2D eigenvalue weighted by Crippen LogP contribution is -2.61. The van der Waals surface area contributed by atoms with Crippen LogP contribution < -0.4 is 10.2 Å². The lowest BCUT2D eigenvalue weighted by atomic mass is 9.75. The number of nitrogens with one attached hydrogen (secondary N) is 1. The molecular formula is C33H29F6N5O4. The van der Waals surface area contributed by atoms with Crippen LogP contribution in [0.3, 0.4) is 0 Å². The summed E-state index contributed by atoms with van der Waals surface area (Å²) in [6.07, 6.45) is -7.65. The van der Waals surface area contributed by atoms with Crippen molar-refractivity contribution in [2.45, 2.75) is 48.7 Å². The first-order valence-corrected chi connectivity index (χ1v) is 14.9. The molecular weight excluding hydrogens is 644 g/mol. The number of alkyl halides is 6. The average Bonchev–Trinajstić information content (AvgIpc) is 3.42. The maximum atomic E-state index is 15.1. The number of aromatic nitrogens is 3. The molecule has 1 fully saturated rings. The van der Waals surface area contributed by atoms with Gasteiger partial charge in [0.1, 0.15) is 17.8 Å². The van der Waals surface area contributed by atoms with Crippen LogP contribution in [0.15, 0.2) is 79.1 Å². The molecule has 0 spiro atoms. The number of aliphatic hydroxyl groups is 1. The van der Waals surface area contributed by atoms with Crippen LogP contribution in [0, 0.1) is 0 Å². The first-order valence-electron chi connectivity index (χ1n) is 14.9. The number of benzene rings is 2. The number of esters is 1. The van der Waals surface area contributed by atoms with Gasteiger partial charge in [-0.1, -0.05) is 60.7 Å². The summed E-state index contributed by atoms with van der Waals surface area (Å²) in [6, 6.07) is 17.6. The quantitative estimate of drug-likeness (QED) is 0.151. The molecule has 9 nitrogen and oxygen atoms in total. The summed E-state index contributed by atoms with van der Waals surface area (Å²) in [4.78, 5) is 31.5. The van der Waals surface area contributed by atoms with Crippen molar-refractivity contribution in [3.63, 3.8) is 0 Å². The second kappa shape index (κ2) is 12.3. The third kappa shape index (κ3) is 5.76. The largest absolute Gasteiger partial charge is 0.466 e. The molecule has 2 aromatic heterocycles. The van der Waals surface area contributed by atoms with Crippen LogP contribution in [0.5, 0.6) is 0 Å². The van der Waals surface area contributed by atoms with E-state index in [1.807, 2.05) is 0 Å². The molecule has 2 unspecified atom stereocenters. The summed E-state index contributed by atoms with van der Waals surface area (Å²) >= 11 is 0. The van der Waals surface area contributed by atoms with Crippen LogP contribution in [0.2, 0.25) is 0 Å². The van der Waals surface area contributed by atoms with Crippen molar-refractivity contribution in [3.05, 3.63) is 107 Å². The Hall–Kier alpha value is -4.92. The van der Waals surface area contributed by atoms with E-state index in [0.717, 1.165) is 13.2 Å². The first-order chi connectivity index (χ1) is 22.7. The van der Waals surface area contributed by atoms with Crippen molar-refractivity contribution in [1.29, 1.82) is 0 Å². The molecule has 6 rings (SSSR count). The molecule has 2 aliphatic rings. The van der Waals surface area contributed by atoms with Gasteiger partial charge in [-0.15, -0.1) is 0 Å². The molecule has 15 heteroatoms. The molecule has 4 heterocycles. The molecule has 2 atom stereocenters. The molecule has 0 bridgehead atoms. The second-order valence-corrected chi connectivity index (χ2v) is 11.7. The van der Waals surface area contributed by atoms with Crippen LogP contribution in [-0.2, 0) is 20.5 Å². The monoisotopic (exact) mass is 673 g/mol. The fourth-order valence-corrected chi connectivity index (χ4v) is 6.58. The third-order valence-electron chi connectivity index (χ3n) is 8.86. The van der Waals surface area contributed by atoms with Crippen LogP contribution in [0.1, 0.15) is 58.7 Å². The van der Waals surface area contributed by atoms with Crippen molar-refractivity contribution < 1.29 is 45.8 Å². The Balaban J connectivity index is 1.50. The average molecular weight is 674 g/mol. The zero-order valence-electron chi connectivity index (χ0n) is 25.3. The summed E-state index contributed by atoms with van der Waals surface area (Å²) in [5.74, 6) is -7.50. The van der Waals surface area contributed by atoms with Gasteiger partial charge >= 0.3 is 18.3 Å². The highest BCUT2D eigenvalue weighted by Crippen LogP contribution is 2.53. The van der Waals surface area contributed by atoms with Gasteiger partial charge in [0.2, 0.25) is 0 Å². The first kappa shape index (κ1) is 33.0. The van der Waals surface area contributed by atoms with E-state index >= 15 is 13.2 Å². The summed E-state index contributed by atoms with van der Waals surface area (Å²) in [6.45, 7) is 0.279. The van der Waals surface area contributed by atoms with Gasteiger partial charge in [0.05, 0.1) is 30.3 Å². The molecule has 0 saturated carbocycles. The highest BCUT2D eigenvalue weighted by Gasteiger charge is 2.67. The number of carbonyl (C=O) groups is 2. The zero-order chi connectivity index (χ0) is 34.4. The van der Waals surface area contributed by atoms with Crippen molar-refractivity contribution in [2.75, 3.05) is 30.4 Å². The van der Waals surface area contributed by atoms with E-state index in [2.05, 4.69) is 15.0 Å². The number of ether oxygens (including phenoxy) is 1. The van der Waals surface area contributed by atoms with Gasteiger partial charge in [0.25, 0.3) is 11.5 Å². The molecule has 48 heavy (non-hydrogen) atoms. The van der Waals surface area contributed by atoms with Crippen LogP contribution >= 0.6 is 0 Å². The van der Waals surface area contributed by atoms with E-state index in [-0.39, 0.29) is 43.1 Å². The zero-order valence-corrected chi connectivity index (χ0v) is 25.3. The number of amides is 1. The maximum Gasteiger partial charge on any atom is 0.417 e. The van der Waals surface area contributed by atoms with Crippen molar-refractivity contribution in [3.8, 4) is 0 Å². The number of pyridine rings is 1. The van der Waals surface area contributed by atoms with E-state index in [9.17, 15) is 27.9 Å². The topological polar surface area (TPSA) is 110 Å². The number of anilines is 2. The molecule has 2 aromatic carbocycles. The number of halogens is 6. The summed E-state index contributed by atoms with van der Waals surface area (Å²) in [5.41, 5.74) is -3.84.